The summed E-state index contributed by atoms with van der Waals surface area (Å²) in [5.41, 5.74) is 28.3. The molecule has 0 saturated carbocycles. The Labute approximate surface area is 451 Å². The van der Waals surface area contributed by atoms with Crippen LogP contribution in [0.1, 0.15) is 76.7 Å². The fourth-order valence-corrected chi connectivity index (χ4v) is 10.3. The lowest BCUT2D eigenvalue weighted by Crippen LogP contribution is -2.59. The Morgan fingerprint density at radius 1 is 0.727 bits per heavy atom. The number of carboxylic acids is 1. The van der Waals surface area contributed by atoms with Crippen molar-refractivity contribution in [3.63, 3.8) is 0 Å². The van der Waals surface area contributed by atoms with Gasteiger partial charge in [0.2, 0.25) is 65.0 Å². The molecule has 2 aliphatic heterocycles. The number of guanidine groups is 1. The number of hydrogen-bond acceptors (Lipinski definition) is 17. The van der Waals surface area contributed by atoms with E-state index < -0.39 is 139 Å². The summed E-state index contributed by atoms with van der Waals surface area (Å²) in [5.74, 6) is -12.0. The van der Waals surface area contributed by atoms with Gasteiger partial charge in [-0.3, -0.25) is 62.5 Å². The summed E-state index contributed by atoms with van der Waals surface area (Å²) in [7, 11) is 3.36. The summed E-state index contributed by atoms with van der Waals surface area (Å²) >= 11 is 0. The Bertz CT molecular complexity index is 2310. The first-order valence-electron chi connectivity index (χ1n) is 24.6. The van der Waals surface area contributed by atoms with Crippen molar-refractivity contribution in [2.75, 3.05) is 44.8 Å². The first kappa shape index (κ1) is 63.9. The highest BCUT2D eigenvalue weighted by molar-refractivity contribution is 8.76. The topological polar surface area (TPSA) is 476 Å². The third kappa shape index (κ3) is 22.8. The van der Waals surface area contributed by atoms with E-state index in [0.29, 0.717) is 37.1 Å². The number of nitrogens with zero attached hydrogens (tertiary/aromatic N) is 2. The number of primary amides is 2. The second-order valence-electron chi connectivity index (χ2n) is 18.0. The first-order valence-corrected chi connectivity index (χ1v) is 27.1. The summed E-state index contributed by atoms with van der Waals surface area (Å²) in [6.45, 7) is 0.555. The number of carboxylic acid groups (broad SMARTS) is 1. The number of aliphatic carboxylic acids is 1. The van der Waals surface area contributed by atoms with Crippen LogP contribution >= 0.6 is 21.6 Å². The van der Waals surface area contributed by atoms with Crippen LogP contribution in [-0.4, -0.2) is 180 Å². The Kier molecular flexibility index (Phi) is 27.3. The minimum atomic E-state index is -1.85. The number of fused-ring (bicyclic) bond motifs is 1. The number of methoxy groups -OCH3 is 1. The number of carbonyl (C=O) groups is 12. The number of ether oxygens (including phenoxy) is 1. The van der Waals surface area contributed by atoms with Crippen LogP contribution in [0.2, 0.25) is 0 Å². The minimum Gasteiger partial charge on any atom is -0.497 e. The van der Waals surface area contributed by atoms with Crippen LogP contribution in [0.4, 0.5) is 0 Å². The Hall–Kier alpha value is -7.41. The van der Waals surface area contributed by atoms with Gasteiger partial charge in [0.05, 0.1) is 26.5 Å². The van der Waals surface area contributed by atoms with Gasteiger partial charge in [-0.15, -0.1) is 0 Å². The zero-order valence-electron chi connectivity index (χ0n) is 42.8. The average Bonchev–Trinajstić information content (AvgIpc) is 3.87. The lowest BCUT2D eigenvalue weighted by Gasteiger charge is -2.30. The summed E-state index contributed by atoms with van der Waals surface area (Å²) in [4.78, 5) is 166. The number of nitrogens with one attached hydrogen (secondary N) is 8. The third-order valence-corrected chi connectivity index (χ3v) is 14.3. The molecule has 426 valence electrons. The van der Waals surface area contributed by atoms with Crippen LogP contribution in [0, 0.1) is 0 Å². The highest BCUT2D eigenvalue weighted by atomic mass is 33.1. The molecule has 2 aliphatic rings. The van der Waals surface area contributed by atoms with Crippen molar-refractivity contribution < 1.29 is 67.4 Å². The molecule has 31 heteroatoms. The van der Waals surface area contributed by atoms with E-state index in [1.54, 1.807) is 24.3 Å². The summed E-state index contributed by atoms with van der Waals surface area (Å²) in [5, 5.41) is 29.6. The number of carbonyl (C=O) groups excluding carboxylic acids is 11. The standard InChI is InChI=1S/C46H71N15O14S2/c1-24(62)54-33-23-77-76-22-32(38(49)67)60-40(69)28(8-4-3-5-15-47)56-41(70)29(18-25-11-13-26(75-2)14-12-25)58-42(71)30(20-37(65)66)55-36(64)21-53-39(68)27(9-6-16-52-46(50)51)57-44(73)34-10-7-17-61(34)45(74)31(19-35(48)63)59-43(33)72/h11-14,27-34H,3-10,15-23,47H2,1-2H3,(H2,48,63)(H2,49,67)(H,53,68)(H,54,62)(H,55,64)(H,56,70)(H,57,73)(H,58,71)(H,59,72)(H,60,69)(H,65,66)(H4,50,51,52)/t27-,28-,29-,30-,31-,32-,33-,34-/m0/s1. The molecule has 0 aromatic heterocycles. The molecular weight excluding hydrogens is 1050 g/mol. The van der Waals surface area contributed by atoms with E-state index in [4.69, 9.17) is 33.4 Å². The Morgan fingerprint density at radius 2 is 1.34 bits per heavy atom. The zero-order valence-corrected chi connectivity index (χ0v) is 44.4. The number of hydrogen-bond donors (Lipinski definition) is 14. The van der Waals surface area contributed by atoms with E-state index in [1.807, 2.05) is 0 Å². The molecule has 2 heterocycles. The van der Waals surface area contributed by atoms with Gasteiger partial charge in [0.1, 0.15) is 54.1 Å². The highest BCUT2D eigenvalue weighted by Crippen LogP contribution is 2.24. The fourth-order valence-electron chi connectivity index (χ4n) is 7.95. The predicted molar refractivity (Wildman–Crippen MR) is 281 cm³/mol. The smallest absolute Gasteiger partial charge is 0.305 e. The van der Waals surface area contributed by atoms with Crippen LogP contribution in [0.25, 0.3) is 0 Å². The van der Waals surface area contributed by atoms with Crippen LogP contribution in [0.3, 0.4) is 0 Å². The normalized spacial score (nSPS) is 24.0. The van der Waals surface area contributed by atoms with Gasteiger partial charge in [-0.1, -0.05) is 46.6 Å². The molecule has 2 saturated heterocycles. The van der Waals surface area contributed by atoms with Crippen molar-refractivity contribution in [2.45, 2.75) is 126 Å². The third-order valence-electron chi connectivity index (χ3n) is 11.9. The van der Waals surface area contributed by atoms with Crippen molar-refractivity contribution in [3.05, 3.63) is 29.8 Å². The molecule has 1 aromatic carbocycles. The van der Waals surface area contributed by atoms with Gasteiger partial charge in [0.15, 0.2) is 5.96 Å². The van der Waals surface area contributed by atoms with Gasteiger partial charge in [-0.25, -0.2) is 0 Å². The largest absolute Gasteiger partial charge is 0.497 e. The van der Waals surface area contributed by atoms with E-state index in [9.17, 15) is 62.6 Å². The van der Waals surface area contributed by atoms with Crippen LogP contribution in [0.5, 0.6) is 5.75 Å². The van der Waals surface area contributed by atoms with E-state index in [1.165, 1.54) is 7.11 Å². The molecule has 8 atom stereocenters. The number of nitrogens with two attached hydrogens (primary N) is 5. The van der Waals surface area contributed by atoms with Crippen molar-refractivity contribution in [2.24, 2.45) is 33.7 Å². The SMILES string of the molecule is COc1ccc(C[C@@H]2NC(=O)[C@H](CC(=O)O)NC(=O)CNC(=O)[C@H](CCCN=C(N)N)NC(=O)[C@@H]3CCCN3C(=O)[C@H](CC(N)=O)NC(=O)[C@@H](NC(C)=O)CSSC[C@@H](C(N)=O)NC(=O)[C@H](CCCCCN)NC2=O)cc1. The molecule has 0 spiro atoms. The summed E-state index contributed by atoms with van der Waals surface area (Å²) in [6.07, 6.45) is -0.211. The fraction of sp³-hybridized carbons (Fsp3) is 0.587. The maximum absolute atomic E-state index is 14.3. The molecular formula is C46H71N15O14S2. The van der Waals surface area contributed by atoms with E-state index in [-0.39, 0.29) is 69.1 Å². The van der Waals surface area contributed by atoms with Crippen molar-refractivity contribution >= 4 is 98.5 Å². The van der Waals surface area contributed by atoms with Crippen LogP contribution in [0.15, 0.2) is 29.3 Å². The Balaban J connectivity index is 2.11. The highest BCUT2D eigenvalue weighted by Gasteiger charge is 2.40. The molecule has 19 N–H and O–H groups in total. The Morgan fingerprint density at radius 3 is 1.96 bits per heavy atom. The molecule has 2 fully saturated rings. The number of amides is 11. The molecule has 3 rings (SSSR count). The van der Waals surface area contributed by atoms with Gasteiger partial charge in [-0.05, 0) is 62.8 Å². The second kappa shape index (κ2) is 32.9. The van der Waals surface area contributed by atoms with Crippen molar-refractivity contribution in [1.29, 1.82) is 0 Å². The summed E-state index contributed by atoms with van der Waals surface area (Å²) in [6, 6.07) is -5.43. The number of unbranched alkanes of at least 4 members (excludes halogenated alkanes) is 2. The lowest BCUT2D eigenvalue weighted by molar-refractivity contribution is -0.143. The van der Waals surface area contributed by atoms with Gasteiger partial charge in [-0.2, -0.15) is 0 Å². The average molecular weight is 1120 g/mol. The molecule has 0 unspecified atom stereocenters. The van der Waals surface area contributed by atoms with Crippen LogP contribution in [-0.2, 0) is 64.0 Å². The summed E-state index contributed by atoms with van der Waals surface area (Å²) < 4.78 is 5.23. The first-order chi connectivity index (χ1) is 36.5. The second-order valence-corrected chi connectivity index (χ2v) is 20.5. The number of rotatable bonds is 18. The maximum Gasteiger partial charge on any atom is 0.305 e. The lowest BCUT2D eigenvalue weighted by atomic mass is 10.0. The van der Waals surface area contributed by atoms with E-state index in [0.717, 1.165) is 33.4 Å². The molecule has 1 aromatic rings. The van der Waals surface area contributed by atoms with Crippen molar-refractivity contribution in [1.82, 2.24) is 47.4 Å². The predicted octanol–water partition coefficient (Wildman–Crippen LogP) is -5.44. The molecule has 0 radical (unpaired) electrons. The quantitative estimate of drug-likeness (QED) is 0.0282. The molecule has 29 nitrogen and oxygen atoms in total. The van der Waals surface area contributed by atoms with E-state index >= 15 is 0 Å². The molecule has 11 amide bonds. The minimum absolute atomic E-state index is 0.00167. The maximum atomic E-state index is 14.3. The molecule has 0 aliphatic carbocycles. The van der Waals surface area contributed by atoms with Crippen LogP contribution < -0.4 is 75.9 Å². The molecule has 77 heavy (non-hydrogen) atoms. The monoisotopic (exact) mass is 1120 g/mol. The number of aliphatic imine (C=N–C) groups is 1. The molecule has 0 bridgehead atoms. The van der Waals surface area contributed by atoms with Crippen molar-refractivity contribution in [3.8, 4) is 5.75 Å². The number of benzene rings is 1. The zero-order chi connectivity index (χ0) is 57.2. The van der Waals surface area contributed by atoms with Gasteiger partial charge in [0, 0.05) is 37.9 Å². The van der Waals surface area contributed by atoms with Gasteiger partial charge >= 0.3 is 5.97 Å². The van der Waals surface area contributed by atoms with E-state index in [2.05, 4.69) is 47.5 Å². The van der Waals surface area contributed by atoms with Gasteiger partial charge < -0.3 is 85.9 Å². The van der Waals surface area contributed by atoms with Gasteiger partial charge in [0.25, 0.3) is 0 Å².